The summed E-state index contributed by atoms with van der Waals surface area (Å²) in [5.41, 5.74) is 0.780. The van der Waals surface area contributed by atoms with E-state index in [9.17, 15) is 9.59 Å². The monoisotopic (exact) mass is 374 g/mol. The molecule has 2 rings (SSSR count). The summed E-state index contributed by atoms with van der Waals surface area (Å²) in [5, 5.41) is 2.88. The third kappa shape index (κ3) is 6.14. The molecule has 0 radical (unpaired) electrons. The molecule has 6 heteroatoms. The number of carbonyl (C=O) groups excluding carboxylic acids is 2. The fourth-order valence-electron chi connectivity index (χ4n) is 2.21. The van der Waals surface area contributed by atoms with Crippen LogP contribution < -0.4 is 5.32 Å². The summed E-state index contributed by atoms with van der Waals surface area (Å²) in [6.45, 7) is 6.07. The van der Waals surface area contributed by atoms with Crippen molar-refractivity contribution in [3.63, 3.8) is 0 Å². The van der Waals surface area contributed by atoms with Crippen molar-refractivity contribution >= 4 is 46.2 Å². The summed E-state index contributed by atoms with van der Waals surface area (Å²) in [4.78, 5) is 26.4. The minimum Gasteiger partial charge on any atom is -0.351 e. The van der Waals surface area contributed by atoms with Gasteiger partial charge < -0.3 is 5.32 Å². The second-order valence-corrected chi connectivity index (χ2v) is 8.35. The van der Waals surface area contributed by atoms with Crippen LogP contribution in [0.4, 0.5) is 0 Å². The van der Waals surface area contributed by atoms with Gasteiger partial charge in [0.15, 0.2) is 0 Å². The van der Waals surface area contributed by atoms with E-state index < -0.39 is 0 Å². The number of nitrogens with one attached hydrogen (secondary N) is 1. The molecule has 0 spiro atoms. The Kier molecular flexibility index (Phi) is 6.56. The number of allylic oxidation sites excluding steroid dienone is 2. The zero-order valence-electron chi connectivity index (χ0n) is 14.6. The Morgan fingerprint density at radius 3 is 2.60 bits per heavy atom. The highest BCUT2D eigenvalue weighted by atomic mass is 32.2. The van der Waals surface area contributed by atoms with Gasteiger partial charge in [0, 0.05) is 18.5 Å². The SMILES string of the molecule is CC(C)(C)NC(=O)CCN1C(=O)/C(=C/C=C/c2ccccc2)SC1=S. The van der Waals surface area contributed by atoms with E-state index in [1.54, 1.807) is 6.08 Å². The molecule has 1 fully saturated rings. The summed E-state index contributed by atoms with van der Waals surface area (Å²) >= 11 is 6.54. The van der Waals surface area contributed by atoms with Crippen LogP contribution in [-0.2, 0) is 9.59 Å². The number of thioether (sulfide) groups is 1. The maximum absolute atomic E-state index is 12.4. The Morgan fingerprint density at radius 1 is 1.28 bits per heavy atom. The average Bonchev–Trinajstić information content (AvgIpc) is 2.79. The van der Waals surface area contributed by atoms with Crippen molar-refractivity contribution in [3.8, 4) is 0 Å². The Balaban J connectivity index is 1.94. The first kappa shape index (κ1) is 19.4. The lowest BCUT2D eigenvalue weighted by Crippen LogP contribution is -2.42. The molecule has 2 amide bonds. The van der Waals surface area contributed by atoms with Crippen molar-refractivity contribution in [1.82, 2.24) is 10.2 Å². The lowest BCUT2D eigenvalue weighted by molar-refractivity contribution is -0.124. The fraction of sp³-hybridized carbons (Fsp3) is 0.316. The minimum atomic E-state index is -0.283. The van der Waals surface area contributed by atoms with E-state index in [0.717, 1.165) is 5.56 Å². The maximum atomic E-state index is 12.4. The van der Waals surface area contributed by atoms with E-state index >= 15 is 0 Å². The highest BCUT2D eigenvalue weighted by Crippen LogP contribution is 2.31. The number of benzene rings is 1. The third-order valence-corrected chi connectivity index (χ3v) is 4.68. The molecule has 132 valence electrons. The van der Waals surface area contributed by atoms with Crippen molar-refractivity contribution < 1.29 is 9.59 Å². The maximum Gasteiger partial charge on any atom is 0.266 e. The summed E-state index contributed by atoms with van der Waals surface area (Å²) in [6.07, 6.45) is 5.77. The Morgan fingerprint density at radius 2 is 1.96 bits per heavy atom. The predicted molar refractivity (Wildman–Crippen MR) is 108 cm³/mol. The van der Waals surface area contributed by atoms with E-state index in [0.29, 0.717) is 15.8 Å². The van der Waals surface area contributed by atoms with Crippen LogP contribution in [0.25, 0.3) is 6.08 Å². The first-order valence-corrected chi connectivity index (χ1v) is 9.27. The zero-order chi connectivity index (χ0) is 18.4. The second kappa shape index (κ2) is 8.45. The van der Waals surface area contributed by atoms with Gasteiger partial charge in [-0.3, -0.25) is 14.5 Å². The van der Waals surface area contributed by atoms with Crippen LogP contribution in [0.5, 0.6) is 0 Å². The van der Waals surface area contributed by atoms with Crippen LogP contribution in [0.3, 0.4) is 0 Å². The molecule has 0 bridgehead atoms. The largest absolute Gasteiger partial charge is 0.351 e. The summed E-state index contributed by atoms with van der Waals surface area (Å²) < 4.78 is 0.493. The molecule has 0 aliphatic carbocycles. The van der Waals surface area contributed by atoms with Gasteiger partial charge in [-0.05, 0) is 32.4 Å². The van der Waals surface area contributed by atoms with Gasteiger partial charge in [-0.2, -0.15) is 0 Å². The Labute approximate surface area is 158 Å². The van der Waals surface area contributed by atoms with E-state index in [1.807, 2.05) is 63.3 Å². The molecule has 25 heavy (non-hydrogen) atoms. The number of amides is 2. The molecule has 1 heterocycles. The quantitative estimate of drug-likeness (QED) is 0.630. The molecule has 0 unspecified atom stereocenters. The van der Waals surface area contributed by atoms with Crippen LogP contribution >= 0.6 is 24.0 Å². The number of nitrogens with zero attached hydrogens (tertiary/aromatic N) is 1. The molecule has 1 aliphatic rings. The molecule has 1 saturated heterocycles. The standard InChI is InChI=1S/C19H22N2O2S2/c1-19(2,3)20-16(22)12-13-21-17(23)15(25-18(21)24)11-7-10-14-8-5-4-6-9-14/h4-11H,12-13H2,1-3H3,(H,20,22)/b10-7+,15-11-. The smallest absolute Gasteiger partial charge is 0.266 e. The van der Waals surface area contributed by atoms with E-state index in [4.69, 9.17) is 12.2 Å². The van der Waals surface area contributed by atoms with Crippen LogP contribution in [-0.4, -0.2) is 33.1 Å². The number of thiocarbonyl (C=S) groups is 1. The molecular formula is C19H22N2O2S2. The molecule has 1 aromatic carbocycles. The summed E-state index contributed by atoms with van der Waals surface area (Å²) in [7, 11) is 0. The van der Waals surface area contributed by atoms with Crippen molar-refractivity contribution in [2.75, 3.05) is 6.54 Å². The van der Waals surface area contributed by atoms with Crippen molar-refractivity contribution in [1.29, 1.82) is 0 Å². The van der Waals surface area contributed by atoms with Gasteiger partial charge in [-0.25, -0.2) is 0 Å². The summed E-state index contributed by atoms with van der Waals surface area (Å²) in [5.74, 6) is -0.231. The first-order valence-electron chi connectivity index (χ1n) is 8.04. The normalized spacial score (nSPS) is 16.9. The number of hydrogen-bond donors (Lipinski definition) is 1. The molecule has 1 aliphatic heterocycles. The lowest BCUT2D eigenvalue weighted by atomic mass is 10.1. The zero-order valence-corrected chi connectivity index (χ0v) is 16.2. The first-order chi connectivity index (χ1) is 11.8. The third-order valence-electron chi connectivity index (χ3n) is 3.29. The lowest BCUT2D eigenvalue weighted by Gasteiger charge is -2.21. The summed E-state index contributed by atoms with van der Waals surface area (Å²) in [6, 6.07) is 9.86. The van der Waals surface area contributed by atoms with Crippen molar-refractivity contribution in [2.24, 2.45) is 0 Å². The highest BCUT2D eigenvalue weighted by molar-refractivity contribution is 8.26. The molecule has 0 saturated carbocycles. The van der Waals surface area contributed by atoms with E-state index in [-0.39, 0.29) is 23.8 Å². The molecule has 0 aromatic heterocycles. The van der Waals surface area contributed by atoms with Gasteiger partial charge in [0.25, 0.3) is 5.91 Å². The van der Waals surface area contributed by atoms with Gasteiger partial charge in [0.2, 0.25) is 5.91 Å². The highest BCUT2D eigenvalue weighted by Gasteiger charge is 2.31. The van der Waals surface area contributed by atoms with Crippen molar-refractivity contribution in [3.05, 3.63) is 53.0 Å². The van der Waals surface area contributed by atoms with Crippen molar-refractivity contribution in [2.45, 2.75) is 32.7 Å². The minimum absolute atomic E-state index is 0.0884. The molecule has 4 nitrogen and oxygen atoms in total. The topological polar surface area (TPSA) is 49.4 Å². The van der Waals surface area contributed by atoms with E-state index in [1.165, 1.54) is 16.7 Å². The second-order valence-electron chi connectivity index (χ2n) is 6.67. The fourth-order valence-corrected chi connectivity index (χ4v) is 3.47. The average molecular weight is 375 g/mol. The number of carbonyl (C=O) groups is 2. The van der Waals surface area contributed by atoms with Crippen LogP contribution in [0, 0.1) is 0 Å². The number of rotatable bonds is 5. The van der Waals surface area contributed by atoms with Crippen LogP contribution in [0.1, 0.15) is 32.8 Å². The van der Waals surface area contributed by atoms with E-state index in [2.05, 4.69) is 5.32 Å². The van der Waals surface area contributed by atoms with Gasteiger partial charge >= 0.3 is 0 Å². The predicted octanol–water partition coefficient (Wildman–Crippen LogP) is 3.75. The molecular weight excluding hydrogens is 352 g/mol. The Hall–Kier alpha value is -1.92. The molecule has 0 atom stereocenters. The van der Waals surface area contributed by atoms with Crippen LogP contribution in [0.15, 0.2) is 47.4 Å². The van der Waals surface area contributed by atoms with Crippen LogP contribution in [0.2, 0.25) is 0 Å². The molecule has 1 aromatic rings. The van der Waals surface area contributed by atoms with Gasteiger partial charge in [0.05, 0.1) is 4.91 Å². The van der Waals surface area contributed by atoms with Gasteiger partial charge in [-0.1, -0.05) is 66.5 Å². The van der Waals surface area contributed by atoms with Gasteiger partial charge in [0.1, 0.15) is 4.32 Å². The number of hydrogen-bond acceptors (Lipinski definition) is 4. The Bertz CT molecular complexity index is 719. The molecule has 1 N–H and O–H groups in total. The van der Waals surface area contributed by atoms with Gasteiger partial charge in [-0.15, -0.1) is 0 Å².